The summed E-state index contributed by atoms with van der Waals surface area (Å²) in [6, 6.07) is -0.0507. The van der Waals surface area contributed by atoms with E-state index in [1.54, 1.807) is 6.92 Å². The van der Waals surface area contributed by atoms with Gasteiger partial charge in [0.1, 0.15) is 5.82 Å². The molecule has 0 spiro atoms. The van der Waals surface area contributed by atoms with E-state index in [0.29, 0.717) is 31.1 Å². The fraction of sp³-hybridized carbons (Fsp3) is 0.571. The first-order valence-electron chi connectivity index (χ1n) is 6.44. The number of nitrogens with one attached hydrogen (secondary N) is 2. The maximum atomic E-state index is 11.9. The highest BCUT2D eigenvalue weighted by Gasteiger charge is 2.13. The minimum Gasteiger partial charge on any atom is -0.376 e. The third-order valence-electron chi connectivity index (χ3n) is 2.74. The van der Waals surface area contributed by atoms with Crippen molar-refractivity contribution in [1.82, 2.24) is 15.3 Å². The molecule has 0 aliphatic heterocycles. The van der Waals surface area contributed by atoms with Crippen molar-refractivity contribution >= 4 is 0 Å². The molecule has 0 radical (unpaired) electrons. The smallest absolute Gasteiger partial charge is 0.255 e. The first kappa shape index (κ1) is 15.6. The summed E-state index contributed by atoms with van der Waals surface area (Å²) < 4.78 is 5.40. The van der Waals surface area contributed by atoms with E-state index in [-0.39, 0.29) is 11.6 Å². The quantitative estimate of drug-likeness (QED) is 0.581. The molecule has 1 rings (SSSR count). The van der Waals surface area contributed by atoms with Crippen molar-refractivity contribution in [2.24, 2.45) is 0 Å². The predicted octanol–water partition coefficient (Wildman–Crippen LogP) is 1.63. The molecule has 0 aromatic carbocycles. The summed E-state index contributed by atoms with van der Waals surface area (Å²) >= 11 is 0. The van der Waals surface area contributed by atoms with Crippen LogP contribution in [0.25, 0.3) is 0 Å². The average Bonchev–Trinajstić information content (AvgIpc) is 2.26. The Morgan fingerprint density at radius 3 is 2.79 bits per heavy atom. The third-order valence-corrected chi connectivity index (χ3v) is 2.74. The number of H-pyrrole nitrogens is 1. The van der Waals surface area contributed by atoms with Crippen molar-refractivity contribution in [2.45, 2.75) is 33.7 Å². The molecule has 0 aliphatic rings. The van der Waals surface area contributed by atoms with Gasteiger partial charge in [0.2, 0.25) is 0 Å². The summed E-state index contributed by atoms with van der Waals surface area (Å²) in [5, 5.41) is 3.26. The van der Waals surface area contributed by atoms with Gasteiger partial charge in [-0.1, -0.05) is 12.2 Å². The van der Waals surface area contributed by atoms with Crippen LogP contribution in [0.2, 0.25) is 0 Å². The number of aryl methyl sites for hydroxylation is 2. The van der Waals surface area contributed by atoms with Crippen molar-refractivity contribution in [2.75, 3.05) is 19.8 Å². The predicted molar refractivity (Wildman–Crippen MR) is 76.4 cm³/mol. The zero-order valence-corrected chi connectivity index (χ0v) is 12.2. The minimum absolute atomic E-state index is 0.0507. The van der Waals surface area contributed by atoms with Gasteiger partial charge in [0.25, 0.3) is 5.56 Å². The molecule has 1 heterocycles. The lowest BCUT2D eigenvalue weighted by atomic mass is 10.1. The van der Waals surface area contributed by atoms with E-state index < -0.39 is 0 Å². The van der Waals surface area contributed by atoms with Crippen molar-refractivity contribution in [3.63, 3.8) is 0 Å². The summed E-state index contributed by atoms with van der Waals surface area (Å²) in [6.45, 7) is 13.1. The van der Waals surface area contributed by atoms with Crippen molar-refractivity contribution in [3.8, 4) is 0 Å². The number of hydrogen-bond acceptors (Lipinski definition) is 4. The van der Waals surface area contributed by atoms with Crippen LogP contribution in [0.1, 0.15) is 37.0 Å². The summed E-state index contributed by atoms with van der Waals surface area (Å²) in [5.41, 5.74) is 2.38. The second kappa shape index (κ2) is 7.21. The maximum Gasteiger partial charge on any atom is 0.255 e. The molecule has 1 unspecified atom stereocenters. The van der Waals surface area contributed by atoms with Crippen LogP contribution >= 0.6 is 0 Å². The Labute approximate surface area is 114 Å². The number of ether oxygens (including phenoxy) is 1. The van der Waals surface area contributed by atoms with Gasteiger partial charge in [-0.05, 0) is 27.7 Å². The highest BCUT2D eigenvalue weighted by atomic mass is 16.5. The van der Waals surface area contributed by atoms with E-state index in [2.05, 4.69) is 21.9 Å². The minimum atomic E-state index is -0.0761. The normalized spacial score (nSPS) is 12.4. The number of aromatic amines is 1. The van der Waals surface area contributed by atoms with Crippen LogP contribution in [0.15, 0.2) is 16.9 Å². The zero-order valence-electron chi connectivity index (χ0n) is 12.2. The molecule has 106 valence electrons. The molecule has 5 nitrogen and oxygen atoms in total. The number of rotatable bonds is 7. The maximum absolute atomic E-state index is 11.9. The van der Waals surface area contributed by atoms with E-state index in [0.717, 1.165) is 11.3 Å². The van der Waals surface area contributed by atoms with Gasteiger partial charge in [0.15, 0.2) is 0 Å². The molecule has 1 aromatic heterocycles. The van der Waals surface area contributed by atoms with Crippen molar-refractivity contribution in [3.05, 3.63) is 39.6 Å². The van der Waals surface area contributed by atoms with Crippen LogP contribution in [0, 0.1) is 13.8 Å². The monoisotopic (exact) mass is 265 g/mol. The van der Waals surface area contributed by atoms with Gasteiger partial charge in [-0.2, -0.15) is 0 Å². The number of hydrogen-bond donors (Lipinski definition) is 2. The lowest BCUT2D eigenvalue weighted by Crippen LogP contribution is -2.30. The molecular formula is C14H23N3O2. The SMILES string of the molecule is C=C(C)COCCNC(C)c1c(C)nc(C)[nH]c1=O. The Morgan fingerprint density at radius 1 is 1.53 bits per heavy atom. The molecule has 0 bridgehead atoms. The molecule has 0 saturated carbocycles. The molecule has 0 aliphatic carbocycles. The molecule has 0 fully saturated rings. The van der Waals surface area contributed by atoms with Crippen LogP contribution in [0.5, 0.6) is 0 Å². The molecule has 1 aromatic rings. The number of aromatic nitrogens is 2. The molecular weight excluding hydrogens is 242 g/mol. The summed E-state index contributed by atoms with van der Waals surface area (Å²) in [7, 11) is 0. The van der Waals surface area contributed by atoms with E-state index in [9.17, 15) is 4.79 Å². The van der Waals surface area contributed by atoms with Gasteiger partial charge < -0.3 is 15.0 Å². The lowest BCUT2D eigenvalue weighted by molar-refractivity contribution is 0.156. The van der Waals surface area contributed by atoms with Crippen molar-refractivity contribution in [1.29, 1.82) is 0 Å². The topological polar surface area (TPSA) is 67.0 Å². The Kier molecular flexibility index (Phi) is 5.92. The Balaban J connectivity index is 2.52. The van der Waals surface area contributed by atoms with Crippen LogP contribution in [-0.2, 0) is 4.74 Å². The fourth-order valence-electron chi connectivity index (χ4n) is 1.94. The summed E-state index contributed by atoms with van der Waals surface area (Å²) in [4.78, 5) is 18.9. The Bertz CT molecular complexity index is 494. The molecule has 2 N–H and O–H groups in total. The van der Waals surface area contributed by atoms with Gasteiger partial charge in [0, 0.05) is 18.3 Å². The Morgan fingerprint density at radius 2 is 2.21 bits per heavy atom. The standard InChI is InChI=1S/C14H23N3O2/c1-9(2)8-19-7-6-15-10(3)13-11(4)16-12(5)17-14(13)18/h10,15H,1,6-8H2,2-5H3,(H,16,17,18). The second-order valence-corrected chi connectivity index (χ2v) is 4.84. The molecule has 0 amide bonds. The highest BCUT2D eigenvalue weighted by Crippen LogP contribution is 2.10. The molecule has 0 saturated heterocycles. The van der Waals surface area contributed by atoms with Gasteiger partial charge in [0.05, 0.1) is 18.8 Å². The highest BCUT2D eigenvalue weighted by molar-refractivity contribution is 5.19. The van der Waals surface area contributed by atoms with Crippen LogP contribution in [-0.4, -0.2) is 29.7 Å². The van der Waals surface area contributed by atoms with Gasteiger partial charge in [-0.3, -0.25) is 4.79 Å². The Hall–Kier alpha value is -1.46. The molecule has 5 heteroatoms. The third kappa shape index (κ3) is 4.96. The largest absolute Gasteiger partial charge is 0.376 e. The zero-order chi connectivity index (χ0) is 14.4. The van der Waals surface area contributed by atoms with Gasteiger partial charge in [-0.25, -0.2) is 4.98 Å². The van der Waals surface area contributed by atoms with E-state index >= 15 is 0 Å². The van der Waals surface area contributed by atoms with Crippen LogP contribution in [0.3, 0.4) is 0 Å². The van der Waals surface area contributed by atoms with Gasteiger partial charge in [-0.15, -0.1) is 0 Å². The average molecular weight is 265 g/mol. The lowest BCUT2D eigenvalue weighted by Gasteiger charge is -2.15. The number of nitrogens with zero attached hydrogens (tertiary/aromatic N) is 1. The van der Waals surface area contributed by atoms with Crippen molar-refractivity contribution < 1.29 is 4.74 Å². The molecule has 19 heavy (non-hydrogen) atoms. The summed E-state index contributed by atoms with van der Waals surface area (Å²) in [5.74, 6) is 0.642. The van der Waals surface area contributed by atoms with Gasteiger partial charge >= 0.3 is 0 Å². The van der Waals surface area contributed by atoms with Crippen LogP contribution in [0.4, 0.5) is 0 Å². The van der Waals surface area contributed by atoms with E-state index in [1.807, 2.05) is 20.8 Å². The first-order valence-corrected chi connectivity index (χ1v) is 6.44. The molecule has 1 atom stereocenters. The first-order chi connectivity index (χ1) is 8.91. The van der Waals surface area contributed by atoms with Crippen LogP contribution < -0.4 is 10.9 Å². The second-order valence-electron chi connectivity index (χ2n) is 4.84. The van der Waals surface area contributed by atoms with E-state index in [4.69, 9.17) is 4.74 Å². The van der Waals surface area contributed by atoms with E-state index in [1.165, 1.54) is 0 Å². The summed E-state index contributed by atoms with van der Waals surface area (Å²) in [6.07, 6.45) is 0. The fourth-order valence-corrected chi connectivity index (χ4v) is 1.94.